The van der Waals surface area contributed by atoms with Crippen molar-refractivity contribution in [3.63, 3.8) is 0 Å². The lowest BCUT2D eigenvalue weighted by molar-refractivity contribution is 0.214. The number of thiocarbonyl (C=S) groups is 1. The molecule has 1 saturated heterocycles. The Labute approximate surface area is 134 Å². The van der Waals surface area contributed by atoms with Crippen LogP contribution in [-0.2, 0) is 0 Å². The monoisotopic (exact) mass is 317 g/mol. The molecular weight excluding hydrogens is 298 g/mol. The van der Waals surface area contributed by atoms with Crippen molar-refractivity contribution < 1.29 is 0 Å². The fraction of sp³-hybridized carbons (Fsp3) is 0.429. The predicted molar refractivity (Wildman–Crippen MR) is 90.9 cm³/mol. The van der Waals surface area contributed by atoms with Gasteiger partial charge in [-0.05, 0) is 38.3 Å². The number of piperazine rings is 1. The van der Waals surface area contributed by atoms with Crippen LogP contribution in [0.1, 0.15) is 12.7 Å². The Hall–Kier alpha value is -2.06. The third-order valence-corrected chi connectivity index (χ3v) is 4.06. The van der Waals surface area contributed by atoms with Gasteiger partial charge in [0.2, 0.25) is 0 Å². The van der Waals surface area contributed by atoms with Crippen molar-refractivity contribution in [2.45, 2.75) is 6.92 Å². The van der Waals surface area contributed by atoms with E-state index in [0.29, 0.717) is 16.6 Å². The molecule has 0 aliphatic carbocycles. The number of fused-ring (bicyclic) bond motifs is 1. The summed E-state index contributed by atoms with van der Waals surface area (Å²) in [6, 6.07) is 3.81. The fourth-order valence-electron chi connectivity index (χ4n) is 2.28. The summed E-state index contributed by atoms with van der Waals surface area (Å²) < 4.78 is 0. The van der Waals surface area contributed by atoms with Gasteiger partial charge in [-0.3, -0.25) is 5.43 Å². The molecular formula is C14H19N7S. The van der Waals surface area contributed by atoms with E-state index in [9.17, 15) is 0 Å². The second-order valence-electron chi connectivity index (χ2n) is 5.36. The van der Waals surface area contributed by atoms with Crippen molar-refractivity contribution in [3.05, 3.63) is 24.2 Å². The Bertz CT molecular complexity index is 667. The smallest absolute Gasteiger partial charge is 0.189 e. The summed E-state index contributed by atoms with van der Waals surface area (Å²) in [5, 5.41) is 4.99. The molecule has 0 atom stereocenters. The van der Waals surface area contributed by atoms with E-state index in [1.807, 2.05) is 19.1 Å². The quantitative estimate of drug-likeness (QED) is 0.485. The molecule has 7 nitrogen and oxygen atoms in total. The zero-order chi connectivity index (χ0) is 15.5. The van der Waals surface area contributed by atoms with E-state index in [-0.39, 0.29) is 0 Å². The van der Waals surface area contributed by atoms with Crippen LogP contribution in [0, 0.1) is 0 Å². The lowest BCUT2D eigenvalue weighted by atomic mass is 10.3. The van der Waals surface area contributed by atoms with Crippen LogP contribution in [0.15, 0.2) is 23.4 Å². The first kappa shape index (κ1) is 14.9. The molecule has 0 bridgehead atoms. The first-order valence-corrected chi connectivity index (χ1v) is 7.63. The van der Waals surface area contributed by atoms with Gasteiger partial charge in [-0.15, -0.1) is 0 Å². The van der Waals surface area contributed by atoms with E-state index in [4.69, 9.17) is 12.2 Å². The molecule has 0 unspecified atom stereocenters. The zero-order valence-electron chi connectivity index (χ0n) is 12.7. The fourth-order valence-corrected chi connectivity index (χ4v) is 2.51. The molecule has 3 rings (SSSR count). The normalized spacial score (nSPS) is 17.0. The molecule has 8 heteroatoms. The molecule has 0 saturated carbocycles. The maximum Gasteiger partial charge on any atom is 0.189 e. The standard InChI is InChI=1S/C14H19N7S/c1-10(12-16-11-4-3-5-15-13(11)17-12)18-19-14(22)21-8-6-20(2)7-9-21/h3-5H,6-9H2,1-2H3,(H,19,22)(H,15,16,17)/b18-10+. The van der Waals surface area contributed by atoms with Gasteiger partial charge >= 0.3 is 0 Å². The third-order valence-electron chi connectivity index (χ3n) is 3.71. The minimum absolute atomic E-state index is 0.654. The van der Waals surface area contributed by atoms with E-state index in [1.165, 1.54) is 0 Å². The summed E-state index contributed by atoms with van der Waals surface area (Å²) in [4.78, 5) is 16.2. The van der Waals surface area contributed by atoms with E-state index in [0.717, 1.165) is 37.4 Å². The topological polar surface area (TPSA) is 72.4 Å². The van der Waals surface area contributed by atoms with Crippen molar-refractivity contribution in [1.82, 2.24) is 30.2 Å². The number of hydrogen-bond acceptors (Lipinski definition) is 5. The first-order chi connectivity index (χ1) is 10.6. The highest BCUT2D eigenvalue weighted by Crippen LogP contribution is 2.08. The molecule has 0 spiro atoms. The Morgan fingerprint density at radius 1 is 1.36 bits per heavy atom. The number of aromatic amines is 1. The number of nitrogens with one attached hydrogen (secondary N) is 2. The van der Waals surface area contributed by atoms with Gasteiger partial charge in [0.25, 0.3) is 0 Å². The molecule has 2 aromatic rings. The van der Waals surface area contributed by atoms with Crippen LogP contribution in [0.25, 0.3) is 11.2 Å². The molecule has 1 aliphatic heterocycles. The van der Waals surface area contributed by atoms with Gasteiger partial charge in [0.1, 0.15) is 5.71 Å². The minimum Gasteiger partial charge on any atom is -0.345 e. The van der Waals surface area contributed by atoms with Crippen LogP contribution >= 0.6 is 12.2 Å². The number of H-pyrrole nitrogens is 1. The van der Waals surface area contributed by atoms with Crippen LogP contribution in [0.2, 0.25) is 0 Å². The Balaban J connectivity index is 1.65. The number of hydrazone groups is 1. The predicted octanol–water partition coefficient (Wildman–Crippen LogP) is 0.804. The van der Waals surface area contributed by atoms with Gasteiger partial charge < -0.3 is 14.8 Å². The van der Waals surface area contributed by atoms with E-state index in [2.05, 4.69) is 42.3 Å². The maximum atomic E-state index is 5.39. The average Bonchev–Trinajstić information content (AvgIpc) is 2.97. The third kappa shape index (κ3) is 3.23. The molecule has 1 fully saturated rings. The lowest BCUT2D eigenvalue weighted by Gasteiger charge is -2.33. The molecule has 0 amide bonds. The van der Waals surface area contributed by atoms with E-state index < -0.39 is 0 Å². The SMILES string of the molecule is C/C(=N\NC(=S)N1CCN(C)CC1)c1nc2ncccc2[nH]1. The van der Waals surface area contributed by atoms with Gasteiger partial charge in [0.15, 0.2) is 16.6 Å². The van der Waals surface area contributed by atoms with Gasteiger partial charge in [-0.2, -0.15) is 5.10 Å². The highest BCUT2D eigenvalue weighted by atomic mass is 32.1. The van der Waals surface area contributed by atoms with Crippen molar-refractivity contribution >= 4 is 34.2 Å². The highest BCUT2D eigenvalue weighted by molar-refractivity contribution is 7.80. The van der Waals surface area contributed by atoms with Crippen LogP contribution in [0.5, 0.6) is 0 Å². The molecule has 3 heterocycles. The number of pyridine rings is 1. The molecule has 2 N–H and O–H groups in total. The lowest BCUT2D eigenvalue weighted by Crippen LogP contribution is -2.49. The summed E-state index contributed by atoms with van der Waals surface area (Å²) in [6.07, 6.45) is 1.72. The number of likely N-dealkylation sites (N-methyl/N-ethyl adjacent to an activating group) is 1. The number of nitrogens with zero attached hydrogens (tertiary/aromatic N) is 5. The molecule has 2 aromatic heterocycles. The Morgan fingerprint density at radius 3 is 2.86 bits per heavy atom. The van der Waals surface area contributed by atoms with Gasteiger partial charge in [-0.1, -0.05) is 0 Å². The van der Waals surface area contributed by atoms with Crippen molar-refractivity contribution in [1.29, 1.82) is 0 Å². The average molecular weight is 317 g/mol. The van der Waals surface area contributed by atoms with Gasteiger partial charge in [-0.25, -0.2) is 9.97 Å². The van der Waals surface area contributed by atoms with Crippen molar-refractivity contribution in [3.8, 4) is 0 Å². The Kier molecular flexibility index (Phi) is 4.30. The number of aromatic nitrogens is 3. The maximum absolute atomic E-state index is 5.39. The second-order valence-corrected chi connectivity index (χ2v) is 5.75. The van der Waals surface area contributed by atoms with Crippen molar-refractivity contribution in [2.24, 2.45) is 5.10 Å². The molecule has 0 radical (unpaired) electrons. The summed E-state index contributed by atoms with van der Waals surface area (Å²) in [7, 11) is 2.12. The van der Waals surface area contributed by atoms with Gasteiger partial charge in [0.05, 0.1) is 5.52 Å². The van der Waals surface area contributed by atoms with Crippen LogP contribution in [0.4, 0.5) is 0 Å². The number of imidazole rings is 1. The van der Waals surface area contributed by atoms with Gasteiger partial charge in [0, 0.05) is 32.4 Å². The van der Waals surface area contributed by atoms with E-state index >= 15 is 0 Å². The number of rotatable bonds is 2. The molecule has 22 heavy (non-hydrogen) atoms. The zero-order valence-corrected chi connectivity index (χ0v) is 13.5. The number of hydrogen-bond donors (Lipinski definition) is 2. The molecule has 116 valence electrons. The summed E-state index contributed by atoms with van der Waals surface area (Å²) in [6.45, 7) is 5.76. The van der Waals surface area contributed by atoms with Crippen LogP contribution < -0.4 is 5.43 Å². The molecule has 1 aliphatic rings. The first-order valence-electron chi connectivity index (χ1n) is 7.22. The largest absolute Gasteiger partial charge is 0.345 e. The summed E-state index contributed by atoms with van der Waals surface area (Å²) in [5.74, 6) is 0.697. The van der Waals surface area contributed by atoms with Crippen LogP contribution in [0.3, 0.4) is 0 Å². The second kappa shape index (κ2) is 6.37. The van der Waals surface area contributed by atoms with E-state index in [1.54, 1.807) is 6.20 Å². The highest BCUT2D eigenvalue weighted by Gasteiger charge is 2.16. The van der Waals surface area contributed by atoms with Crippen LogP contribution in [-0.4, -0.2) is 68.8 Å². The minimum atomic E-state index is 0.654. The summed E-state index contributed by atoms with van der Waals surface area (Å²) in [5.41, 5.74) is 5.29. The summed E-state index contributed by atoms with van der Waals surface area (Å²) >= 11 is 5.39. The van der Waals surface area contributed by atoms with Crippen molar-refractivity contribution in [2.75, 3.05) is 33.2 Å². The molecule has 0 aromatic carbocycles. The Morgan fingerprint density at radius 2 is 2.14 bits per heavy atom.